The third-order valence-electron chi connectivity index (χ3n) is 3.87. The molecule has 1 saturated heterocycles. The maximum absolute atomic E-state index is 12.9. The van der Waals surface area contributed by atoms with Gasteiger partial charge in [-0.3, -0.25) is 9.59 Å². The molecule has 2 N–H and O–H groups in total. The molecule has 6 heteroatoms. The normalized spacial score (nSPS) is 18.7. The predicted octanol–water partition coefficient (Wildman–Crippen LogP) is 1.88. The number of carbonyl (C=O) groups is 2. The molecule has 0 bridgehead atoms. The van der Waals surface area contributed by atoms with Crippen LogP contribution in [0.5, 0.6) is 0 Å². The van der Waals surface area contributed by atoms with Crippen LogP contribution < -0.4 is 10.6 Å². The van der Waals surface area contributed by atoms with Crippen molar-refractivity contribution in [1.82, 2.24) is 10.6 Å². The molecule has 2 atom stereocenters. The van der Waals surface area contributed by atoms with Gasteiger partial charge < -0.3 is 15.4 Å². The Hall–Kier alpha value is -1.95. The Labute approximate surface area is 135 Å². The van der Waals surface area contributed by atoms with Crippen LogP contribution in [0.1, 0.15) is 37.0 Å². The molecule has 1 heterocycles. The zero-order chi connectivity index (χ0) is 16.8. The van der Waals surface area contributed by atoms with Crippen LogP contribution in [0.25, 0.3) is 0 Å². The fourth-order valence-electron chi connectivity index (χ4n) is 2.49. The zero-order valence-electron chi connectivity index (χ0n) is 13.5. The van der Waals surface area contributed by atoms with E-state index in [1.807, 2.05) is 13.8 Å². The Morgan fingerprint density at radius 2 is 2.00 bits per heavy atom. The average molecular weight is 322 g/mol. The first-order chi connectivity index (χ1) is 11.0. The summed E-state index contributed by atoms with van der Waals surface area (Å²) in [6.07, 6.45) is 2.00. The van der Waals surface area contributed by atoms with Crippen molar-refractivity contribution in [3.05, 3.63) is 35.6 Å². The number of nitrogens with one attached hydrogen (secondary N) is 2. The van der Waals surface area contributed by atoms with Crippen molar-refractivity contribution in [2.24, 2.45) is 5.92 Å². The molecule has 1 aliphatic heterocycles. The summed E-state index contributed by atoms with van der Waals surface area (Å²) in [6.45, 7) is 4.91. The number of halogens is 1. The maximum atomic E-state index is 12.9. The van der Waals surface area contributed by atoms with Gasteiger partial charge in [0.1, 0.15) is 11.9 Å². The Morgan fingerprint density at radius 3 is 2.57 bits per heavy atom. The lowest BCUT2D eigenvalue weighted by atomic mass is 10.0. The van der Waals surface area contributed by atoms with Gasteiger partial charge in [-0.25, -0.2) is 4.39 Å². The summed E-state index contributed by atoms with van der Waals surface area (Å²) in [5.74, 6) is -1.10. The summed E-state index contributed by atoms with van der Waals surface area (Å²) in [6, 6.07) is 4.58. The molecule has 0 saturated carbocycles. The highest BCUT2D eigenvalue weighted by Gasteiger charge is 2.26. The Kier molecular flexibility index (Phi) is 6.10. The second-order valence-corrected chi connectivity index (χ2v) is 6.08. The van der Waals surface area contributed by atoms with E-state index in [-0.39, 0.29) is 17.9 Å². The number of ether oxygens (including phenoxy) is 1. The van der Waals surface area contributed by atoms with Gasteiger partial charge in [0.25, 0.3) is 5.91 Å². The molecule has 0 radical (unpaired) electrons. The molecule has 2 rings (SSSR count). The van der Waals surface area contributed by atoms with Crippen LogP contribution in [-0.2, 0) is 9.53 Å². The topological polar surface area (TPSA) is 67.4 Å². The summed E-state index contributed by atoms with van der Waals surface area (Å²) in [5.41, 5.74) is 0.323. The largest absolute Gasteiger partial charge is 0.376 e. The average Bonchev–Trinajstić information content (AvgIpc) is 3.03. The van der Waals surface area contributed by atoms with Crippen molar-refractivity contribution in [2.45, 2.75) is 38.8 Å². The number of amides is 2. The molecule has 1 aliphatic rings. The van der Waals surface area contributed by atoms with E-state index in [2.05, 4.69) is 10.6 Å². The lowest BCUT2D eigenvalue weighted by molar-refractivity contribution is -0.124. The third kappa shape index (κ3) is 5.03. The van der Waals surface area contributed by atoms with Crippen molar-refractivity contribution < 1.29 is 18.7 Å². The van der Waals surface area contributed by atoms with Crippen LogP contribution in [0.15, 0.2) is 24.3 Å². The number of hydrogen-bond acceptors (Lipinski definition) is 3. The van der Waals surface area contributed by atoms with Gasteiger partial charge in [-0.1, -0.05) is 13.8 Å². The van der Waals surface area contributed by atoms with Crippen LogP contribution in [-0.4, -0.2) is 37.1 Å². The summed E-state index contributed by atoms with van der Waals surface area (Å²) in [5, 5.41) is 5.55. The van der Waals surface area contributed by atoms with Crippen molar-refractivity contribution >= 4 is 11.8 Å². The second kappa shape index (κ2) is 8.06. The van der Waals surface area contributed by atoms with Crippen LogP contribution >= 0.6 is 0 Å². The molecule has 0 spiro atoms. The molecular weight excluding hydrogens is 299 g/mol. The number of hydrogen-bond donors (Lipinski definition) is 2. The molecular formula is C17H23FN2O3. The fourth-order valence-corrected chi connectivity index (χ4v) is 2.49. The molecule has 1 aromatic carbocycles. The van der Waals surface area contributed by atoms with Gasteiger partial charge in [0.2, 0.25) is 5.91 Å². The first-order valence-electron chi connectivity index (χ1n) is 7.93. The summed E-state index contributed by atoms with van der Waals surface area (Å²) >= 11 is 0. The van der Waals surface area contributed by atoms with Crippen molar-refractivity contribution in [1.29, 1.82) is 0 Å². The molecule has 0 aromatic heterocycles. The SMILES string of the molecule is CC(C)[C@@H](NC(=O)c1ccc(F)cc1)C(=O)NC[C@H]1CCCO1. The quantitative estimate of drug-likeness (QED) is 0.840. The molecule has 0 aliphatic carbocycles. The van der Waals surface area contributed by atoms with Gasteiger partial charge in [0.05, 0.1) is 6.10 Å². The molecule has 126 valence electrons. The zero-order valence-corrected chi connectivity index (χ0v) is 13.5. The number of carbonyl (C=O) groups excluding carboxylic acids is 2. The van der Waals surface area contributed by atoms with Gasteiger partial charge in [0.15, 0.2) is 0 Å². The molecule has 5 nitrogen and oxygen atoms in total. The van der Waals surface area contributed by atoms with Gasteiger partial charge >= 0.3 is 0 Å². The molecule has 1 aromatic rings. The van der Waals surface area contributed by atoms with Gasteiger partial charge in [-0.15, -0.1) is 0 Å². The van der Waals surface area contributed by atoms with Gasteiger partial charge in [-0.2, -0.15) is 0 Å². The first-order valence-corrected chi connectivity index (χ1v) is 7.93. The van der Waals surface area contributed by atoms with E-state index in [1.165, 1.54) is 24.3 Å². The fraction of sp³-hybridized carbons (Fsp3) is 0.529. The van der Waals surface area contributed by atoms with Gasteiger partial charge in [-0.05, 0) is 43.0 Å². The predicted molar refractivity (Wildman–Crippen MR) is 84.5 cm³/mol. The van der Waals surface area contributed by atoms with E-state index in [1.54, 1.807) is 0 Å². The first kappa shape index (κ1) is 17.4. The highest BCUT2D eigenvalue weighted by Crippen LogP contribution is 2.11. The van der Waals surface area contributed by atoms with Crippen LogP contribution in [0.4, 0.5) is 4.39 Å². The minimum atomic E-state index is -0.644. The van der Waals surface area contributed by atoms with Gasteiger partial charge in [0, 0.05) is 18.7 Å². The minimum Gasteiger partial charge on any atom is -0.376 e. The van der Waals surface area contributed by atoms with E-state index in [0.29, 0.717) is 12.1 Å². The van der Waals surface area contributed by atoms with Crippen LogP contribution in [0, 0.1) is 11.7 Å². The standard InChI is InChI=1S/C17H23FN2O3/c1-11(2)15(17(22)19-10-14-4-3-9-23-14)20-16(21)12-5-7-13(18)8-6-12/h5-8,11,14-15H,3-4,9-10H2,1-2H3,(H,19,22)(H,20,21)/t14-,15-/m1/s1. The lowest BCUT2D eigenvalue weighted by Crippen LogP contribution is -2.50. The molecule has 23 heavy (non-hydrogen) atoms. The van der Waals surface area contributed by atoms with E-state index in [4.69, 9.17) is 4.74 Å². The molecule has 0 unspecified atom stereocenters. The monoisotopic (exact) mass is 322 g/mol. The highest BCUT2D eigenvalue weighted by molar-refractivity contribution is 5.97. The highest BCUT2D eigenvalue weighted by atomic mass is 19.1. The van der Waals surface area contributed by atoms with E-state index in [9.17, 15) is 14.0 Å². The maximum Gasteiger partial charge on any atom is 0.251 e. The van der Waals surface area contributed by atoms with E-state index >= 15 is 0 Å². The Balaban J connectivity index is 1.92. The lowest BCUT2D eigenvalue weighted by Gasteiger charge is -2.22. The second-order valence-electron chi connectivity index (χ2n) is 6.08. The molecule has 1 fully saturated rings. The summed E-state index contributed by atoms with van der Waals surface area (Å²) in [4.78, 5) is 24.5. The Morgan fingerprint density at radius 1 is 1.30 bits per heavy atom. The Bertz CT molecular complexity index is 539. The smallest absolute Gasteiger partial charge is 0.251 e. The van der Waals surface area contributed by atoms with Crippen molar-refractivity contribution in [3.8, 4) is 0 Å². The third-order valence-corrected chi connectivity index (χ3v) is 3.87. The molecule has 2 amide bonds. The number of benzene rings is 1. The van der Waals surface area contributed by atoms with E-state index in [0.717, 1.165) is 19.4 Å². The van der Waals surface area contributed by atoms with Crippen LogP contribution in [0.2, 0.25) is 0 Å². The minimum absolute atomic E-state index is 0.0552. The van der Waals surface area contributed by atoms with Crippen molar-refractivity contribution in [2.75, 3.05) is 13.2 Å². The number of rotatable bonds is 6. The van der Waals surface area contributed by atoms with Crippen LogP contribution in [0.3, 0.4) is 0 Å². The van der Waals surface area contributed by atoms with E-state index < -0.39 is 17.8 Å². The summed E-state index contributed by atoms with van der Waals surface area (Å²) in [7, 11) is 0. The van der Waals surface area contributed by atoms with Crippen molar-refractivity contribution in [3.63, 3.8) is 0 Å². The summed E-state index contributed by atoms with van der Waals surface area (Å²) < 4.78 is 18.4.